The maximum absolute atomic E-state index is 6.15. The quantitative estimate of drug-likeness (QED) is 0.832. The van der Waals surface area contributed by atoms with E-state index < -0.39 is 0 Å². The molecule has 1 aromatic carbocycles. The second kappa shape index (κ2) is 6.13. The Hall–Kier alpha value is -0.450. The number of hydrogen-bond acceptors (Lipinski definition) is 3. The van der Waals surface area contributed by atoms with Gasteiger partial charge in [-0.05, 0) is 43.7 Å². The van der Waals surface area contributed by atoms with Crippen LogP contribution < -0.4 is 11.1 Å². The minimum absolute atomic E-state index is 0.342. The summed E-state index contributed by atoms with van der Waals surface area (Å²) in [7, 11) is 0. The molecule has 2 unspecified atom stereocenters. The summed E-state index contributed by atoms with van der Waals surface area (Å²) in [6.07, 6.45) is 5.91. The van der Waals surface area contributed by atoms with Crippen molar-refractivity contribution >= 4 is 46.3 Å². The standard InChI is InChI=1S/C13H17ClN2S2/c1-18-10-4-2-8(6-10)16-9-3-5-11(13(15)17)12(14)7-9/h3,5,7-8,10,16H,2,4,6H2,1H3,(H2,15,17). The number of rotatable bonds is 4. The van der Waals surface area contributed by atoms with Crippen molar-refractivity contribution in [1.82, 2.24) is 0 Å². The summed E-state index contributed by atoms with van der Waals surface area (Å²) in [6.45, 7) is 0. The molecule has 2 atom stereocenters. The topological polar surface area (TPSA) is 38.0 Å². The van der Waals surface area contributed by atoms with Crippen molar-refractivity contribution in [1.29, 1.82) is 0 Å². The van der Waals surface area contributed by atoms with Crippen molar-refractivity contribution in [2.24, 2.45) is 5.73 Å². The predicted octanol–water partition coefficient (Wildman–Crippen LogP) is 3.67. The van der Waals surface area contributed by atoms with Crippen LogP contribution >= 0.6 is 35.6 Å². The third-order valence-electron chi connectivity index (χ3n) is 3.32. The normalized spacial score (nSPS) is 23.0. The summed E-state index contributed by atoms with van der Waals surface area (Å²) in [5, 5.41) is 4.93. The first kappa shape index (κ1) is 14.0. The lowest BCUT2D eigenvalue weighted by Crippen LogP contribution is -2.16. The molecule has 0 radical (unpaired) electrons. The van der Waals surface area contributed by atoms with Crippen LogP contribution in [0.4, 0.5) is 5.69 Å². The summed E-state index contributed by atoms with van der Waals surface area (Å²) < 4.78 is 0. The summed E-state index contributed by atoms with van der Waals surface area (Å²) >= 11 is 13.0. The molecule has 0 spiro atoms. The first-order chi connectivity index (χ1) is 8.60. The number of hydrogen-bond donors (Lipinski definition) is 2. The maximum atomic E-state index is 6.15. The number of thioether (sulfide) groups is 1. The molecule has 3 N–H and O–H groups in total. The Morgan fingerprint density at radius 3 is 2.83 bits per heavy atom. The smallest absolute Gasteiger partial charge is 0.105 e. The van der Waals surface area contributed by atoms with Gasteiger partial charge in [0.1, 0.15) is 4.99 Å². The van der Waals surface area contributed by atoms with E-state index in [0.29, 0.717) is 16.1 Å². The minimum Gasteiger partial charge on any atom is -0.389 e. The number of thiocarbonyl (C=S) groups is 1. The summed E-state index contributed by atoms with van der Waals surface area (Å²) in [5.41, 5.74) is 7.38. The van der Waals surface area contributed by atoms with E-state index >= 15 is 0 Å². The molecule has 0 aliphatic heterocycles. The highest BCUT2D eigenvalue weighted by Gasteiger charge is 2.23. The van der Waals surface area contributed by atoms with E-state index in [0.717, 1.165) is 16.5 Å². The van der Waals surface area contributed by atoms with Gasteiger partial charge in [0.2, 0.25) is 0 Å². The van der Waals surface area contributed by atoms with E-state index in [1.807, 2.05) is 30.0 Å². The summed E-state index contributed by atoms with van der Waals surface area (Å²) in [6, 6.07) is 6.33. The van der Waals surface area contributed by atoms with E-state index in [4.69, 9.17) is 29.6 Å². The fraction of sp³-hybridized carbons (Fsp3) is 0.462. The molecule has 1 fully saturated rings. The average Bonchev–Trinajstić information content (AvgIpc) is 2.76. The van der Waals surface area contributed by atoms with Gasteiger partial charge < -0.3 is 11.1 Å². The molecule has 18 heavy (non-hydrogen) atoms. The third kappa shape index (κ3) is 3.31. The zero-order chi connectivity index (χ0) is 13.1. The molecule has 1 aliphatic carbocycles. The molecule has 2 rings (SSSR count). The molecule has 1 aromatic rings. The fourth-order valence-corrected chi connectivity index (χ4v) is 3.64. The van der Waals surface area contributed by atoms with Crippen LogP contribution in [0.1, 0.15) is 24.8 Å². The fourth-order valence-electron chi connectivity index (χ4n) is 2.33. The Morgan fingerprint density at radius 1 is 1.50 bits per heavy atom. The first-order valence-electron chi connectivity index (χ1n) is 5.99. The molecule has 5 heteroatoms. The lowest BCUT2D eigenvalue weighted by atomic mass is 10.2. The Labute approximate surface area is 123 Å². The molecular weight excluding hydrogens is 284 g/mol. The van der Waals surface area contributed by atoms with Crippen molar-refractivity contribution in [3.05, 3.63) is 28.8 Å². The molecule has 0 heterocycles. The molecule has 1 saturated carbocycles. The highest BCUT2D eigenvalue weighted by Crippen LogP contribution is 2.31. The van der Waals surface area contributed by atoms with Gasteiger partial charge in [0, 0.05) is 22.5 Å². The highest BCUT2D eigenvalue weighted by molar-refractivity contribution is 7.99. The summed E-state index contributed by atoms with van der Waals surface area (Å²) in [5.74, 6) is 0. The van der Waals surface area contributed by atoms with Crippen LogP contribution in [0.5, 0.6) is 0 Å². The minimum atomic E-state index is 0.342. The summed E-state index contributed by atoms with van der Waals surface area (Å²) in [4.78, 5) is 0.342. The zero-order valence-corrected chi connectivity index (χ0v) is 12.7. The average molecular weight is 301 g/mol. The number of nitrogens with one attached hydrogen (secondary N) is 1. The molecular formula is C13H17ClN2S2. The van der Waals surface area contributed by atoms with Crippen LogP contribution in [0.3, 0.4) is 0 Å². The second-order valence-electron chi connectivity index (χ2n) is 4.57. The Kier molecular flexibility index (Phi) is 4.76. The number of halogens is 1. The molecule has 0 aromatic heterocycles. The predicted molar refractivity (Wildman–Crippen MR) is 85.9 cm³/mol. The molecule has 0 amide bonds. The van der Waals surface area contributed by atoms with E-state index in [9.17, 15) is 0 Å². The zero-order valence-electron chi connectivity index (χ0n) is 10.3. The number of benzene rings is 1. The van der Waals surface area contributed by atoms with Crippen LogP contribution in [-0.4, -0.2) is 22.5 Å². The third-order valence-corrected chi connectivity index (χ3v) is 4.95. The van der Waals surface area contributed by atoms with E-state index in [1.54, 1.807) is 0 Å². The molecule has 98 valence electrons. The van der Waals surface area contributed by atoms with Crippen LogP contribution in [0.15, 0.2) is 18.2 Å². The van der Waals surface area contributed by atoms with Gasteiger partial charge in [0.05, 0.1) is 5.02 Å². The Balaban J connectivity index is 2.02. The second-order valence-corrected chi connectivity index (χ2v) is 6.56. The molecule has 2 nitrogen and oxygen atoms in total. The van der Waals surface area contributed by atoms with Crippen LogP contribution in [0.25, 0.3) is 0 Å². The molecule has 0 saturated heterocycles. The van der Waals surface area contributed by atoms with Crippen molar-refractivity contribution in [3.8, 4) is 0 Å². The van der Waals surface area contributed by atoms with Crippen molar-refractivity contribution in [2.45, 2.75) is 30.6 Å². The van der Waals surface area contributed by atoms with Crippen LogP contribution in [0.2, 0.25) is 5.02 Å². The molecule has 1 aliphatic rings. The van der Waals surface area contributed by atoms with Gasteiger partial charge in [-0.2, -0.15) is 11.8 Å². The highest BCUT2D eigenvalue weighted by atomic mass is 35.5. The lowest BCUT2D eigenvalue weighted by molar-refractivity contribution is 0.757. The van der Waals surface area contributed by atoms with Gasteiger partial charge in [-0.1, -0.05) is 23.8 Å². The van der Waals surface area contributed by atoms with Gasteiger partial charge in [-0.25, -0.2) is 0 Å². The van der Waals surface area contributed by atoms with Gasteiger partial charge in [-0.3, -0.25) is 0 Å². The van der Waals surface area contributed by atoms with Gasteiger partial charge >= 0.3 is 0 Å². The maximum Gasteiger partial charge on any atom is 0.105 e. The molecule has 0 bridgehead atoms. The first-order valence-corrected chi connectivity index (χ1v) is 8.06. The Bertz CT molecular complexity index is 451. The van der Waals surface area contributed by atoms with Crippen molar-refractivity contribution < 1.29 is 0 Å². The van der Waals surface area contributed by atoms with Gasteiger partial charge in [-0.15, -0.1) is 0 Å². The SMILES string of the molecule is CSC1CCC(Nc2ccc(C(N)=S)c(Cl)c2)C1. The van der Waals surface area contributed by atoms with E-state index in [2.05, 4.69) is 11.6 Å². The van der Waals surface area contributed by atoms with E-state index in [-0.39, 0.29) is 0 Å². The van der Waals surface area contributed by atoms with Crippen molar-refractivity contribution in [2.75, 3.05) is 11.6 Å². The van der Waals surface area contributed by atoms with Gasteiger partial charge in [0.25, 0.3) is 0 Å². The van der Waals surface area contributed by atoms with Crippen molar-refractivity contribution in [3.63, 3.8) is 0 Å². The van der Waals surface area contributed by atoms with E-state index in [1.165, 1.54) is 19.3 Å². The largest absolute Gasteiger partial charge is 0.389 e. The van der Waals surface area contributed by atoms with Gasteiger partial charge in [0.15, 0.2) is 0 Å². The van der Waals surface area contributed by atoms with Crippen LogP contribution in [-0.2, 0) is 0 Å². The van der Waals surface area contributed by atoms with Crippen LogP contribution in [0, 0.1) is 0 Å². The number of nitrogens with two attached hydrogens (primary N) is 1. The Morgan fingerprint density at radius 2 is 2.28 bits per heavy atom. The lowest BCUT2D eigenvalue weighted by Gasteiger charge is -2.15. The number of anilines is 1. The monoisotopic (exact) mass is 300 g/mol.